The van der Waals surface area contributed by atoms with Crippen molar-refractivity contribution in [2.75, 3.05) is 6.61 Å². The van der Waals surface area contributed by atoms with Crippen LogP contribution in [-0.2, 0) is 22.5 Å². The van der Waals surface area contributed by atoms with E-state index < -0.39 is 24.5 Å². The number of fused-ring (bicyclic) bond motifs is 2. The number of aromatic nitrogens is 2. The van der Waals surface area contributed by atoms with Gasteiger partial charge in [-0.15, -0.1) is 0 Å². The van der Waals surface area contributed by atoms with Crippen molar-refractivity contribution in [3.8, 4) is 0 Å². The van der Waals surface area contributed by atoms with E-state index in [1.165, 1.54) is 17.1 Å². The number of aryl methyl sites for hydroxylation is 2. The third-order valence-electron chi connectivity index (χ3n) is 6.80. The highest BCUT2D eigenvalue weighted by molar-refractivity contribution is 6.03. The van der Waals surface area contributed by atoms with Gasteiger partial charge in [0.05, 0.1) is 28.4 Å². The lowest BCUT2D eigenvalue weighted by molar-refractivity contribution is -0.136. The number of benzene rings is 2. The van der Waals surface area contributed by atoms with E-state index in [9.17, 15) is 14.4 Å². The molecule has 0 saturated heterocycles. The molecule has 9 nitrogen and oxygen atoms in total. The van der Waals surface area contributed by atoms with E-state index in [-0.39, 0.29) is 11.1 Å². The van der Waals surface area contributed by atoms with Crippen molar-refractivity contribution in [1.82, 2.24) is 14.6 Å². The highest BCUT2D eigenvalue weighted by Crippen LogP contribution is 2.33. The first-order valence-electron chi connectivity index (χ1n) is 12.2. The van der Waals surface area contributed by atoms with Crippen LogP contribution in [0.15, 0.2) is 75.2 Å². The quantitative estimate of drug-likeness (QED) is 0.389. The maximum absolute atomic E-state index is 13.1. The zero-order valence-electron chi connectivity index (χ0n) is 20.2. The zero-order chi connectivity index (χ0) is 25.5. The average Bonchev–Trinajstić information content (AvgIpc) is 3.68. The second-order valence-electron chi connectivity index (χ2n) is 9.28. The summed E-state index contributed by atoms with van der Waals surface area (Å²) in [7, 11) is 0. The molecule has 0 spiro atoms. The van der Waals surface area contributed by atoms with E-state index in [1.54, 1.807) is 29.0 Å². The van der Waals surface area contributed by atoms with Crippen molar-refractivity contribution >= 4 is 28.5 Å². The van der Waals surface area contributed by atoms with Crippen molar-refractivity contribution in [2.45, 2.75) is 38.8 Å². The van der Waals surface area contributed by atoms with E-state index in [2.05, 4.69) is 10.1 Å². The minimum Gasteiger partial charge on any atom is -0.467 e. The Labute approximate surface area is 212 Å². The van der Waals surface area contributed by atoms with Crippen molar-refractivity contribution in [2.24, 2.45) is 5.10 Å². The molecular weight excluding hydrogens is 472 g/mol. The summed E-state index contributed by atoms with van der Waals surface area (Å²) in [5.74, 6) is 0.185. The molecule has 1 unspecified atom stereocenters. The fourth-order valence-electron chi connectivity index (χ4n) is 4.85. The third-order valence-corrected chi connectivity index (χ3v) is 6.80. The van der Waals surface area contributed by atoms with Gasteiger partial charge in [-0.1, -0.05) is 29.8 Å². The van der Waals surface area contributed by atoms with Crippen molar-refractivity contribution in [1.29, 1.82) is 0 Å². The summed E-state index contributed by atoms with van der Waals surface area (Å²) >= 11 is 0. The maximum atomic E-state index is 13.1. The first kappa shape index (κ1) is 22.9. The first-order chi connectivity index (χ1) is 18.0. The predicted molar refractivity (Wildman–Crippen MR) is 135 cm³/mol. The number of nitrogens with zero attached hydrogens (tertiary/aromatic N) is 4. The van der Waals surface area contributed by atoms with Crippen LogP contribution in [0.4, 0.5) is 0 Å². The van der Waals surface area contributed by atoms with Gasteiger partial charge in [0.2, 0.25) is 0 Å². The number of rotatable bonds is 5. The lowest BCUT2D eigenvalue weighted by atomic mass is 10.0. The second kappa shape index (κ2) is 9.16. The molecule has 2 aromatic heterocycles. The summed E-state index contributed by atoms with van der Waals surface area (Å²) in [6.07, 6.45) is 3.63. The normalized spacial score (nSPS) is 16.6. The molecule has 2 aliphatic heterocycles. The Morgan fingerprint density at radius 1 is 1.14 bits per heavy atom. The minimum absolute atomic E-state index is 0.104. The van der Waals surface area contributed by atoms with Gasteiger partial charge in [0.15, 0.2) is 6.61 Å². The van der Waals surface area contributed by atoms with E-state index in [1.807, 2.05) is 31.2 Å². The number of furan rings is 1. The monoisotopic (exact) mass is 496 g/mol. The molecular formula is C28H24N4O5. The molecule has 2 aromatic carbocycles. The molecule has 37 heavy (non-hydrogen) atoms. The van der Waals surface area contributed by atoms with Crippen LogP contribution >= 0.6 is 0 Å². The standard InChI is InChI=1S/C28H24N4O5/c1-17-6-8-18(9-7-17)21-15-23(24-4-3-13-36-24)32(30-21)26(33)16-37-28(35)19-10-11-20-22(14-19)29-25-5-2-12-31(25)27(20)34/h3-4,6-11,13-14,23H,2,5,12,15-16H2,1H3. The van der Waals surface area contributed by atoms with Crippen molar-refractivity contribution < 1.29 is 18.7 Å². The Balaban J connectivity index is 1.20. The molecule has 9 heteroatoms. The molecule has 0 N–H and O–H groups in total. The predicted octanol–water partition coefficient (Wildman–Crippen LogP) is 3.78. The highest BCUT2D eigenvalue weighted by Gasteiger charge is 2.35. The van der Waals surface area contributed by atoms with Gasteiger partial charge in [0.25, 0.3) is 11.5 Å². The van der Waals surface area contributed by atoms with Crippen LogP contribution < -0.4 is 5.56 Å². The van der Waals surface area contributed by atoms with Crippen molar-refractivity contribution in [3.05, 3.63) is 99.5 Å². The molecule has 1 amide bonds. The van der Waals surface area contributed by atoms with Crippen LogP contribution in [0.3, 0.4) is 0 Å². The molecule has 4 aromatic rings. The van der Waals surface area contributed by atoms with E-state index >= 15 is 0 Å². The number of hydrogen-bond acceptors (Lipinski definition) is 7. The SMILES string of the molecule is Cc1ccc(C2=NN(C(=O)COC(=O)c3ccc4c(=O)n5c(nc4c3)CCC5)C(c3ccco3)C2)cc1. The molecule has 0 saturated carbocycles. The average molecular weight is 497 g/mol. The van der Waals surface area contributed by atoms with Gasteiger partial charge in [0, 0.05) is 19.4 Å². The Morgan fingerprint density at radius 3 is 2.76 bits per heavy atom. The number of amides is 1. The Kier molecular flexibility index (Phi) is 5.67. The van der Waals surface area contributed by atoms with Crippen LogP contribution in [-0.4, -0.2) is 38.8 Å². The van der Waals surface area contributed by atoms with E-state index in [0.717, 1.165) is 35.5 Å². The number of esters is 1. The molecule has 0 aliphatic carbocycles. The number of hydrazone groups is 1. The fraction of sp³-hybridized carbons (Fsp3) is 0.250. The number of ether oxygens (including phenoxy) is 1. The van der Waals surface area contributed by atoms with Gasteiger partial charge in [0.1, 0.15) is 17.6 Å². The van der Waals surface area contributed by atoms with Crippen LogP contribution in [0.1, 0.15) is 52.0 Å². The maximum Gasteiger partial charge on any atom is 0.338 e. The minimum atomic E-state index is -0.672. The lowest BCUT2D eigenvalue weighted by Crippen LogP contribution is -2.31. The van der Waals surface area contributed by atoms with Crippen LogP contribution in [0.25, 0.3) is 10.9 Å². The molecule has 2 aliphatic rings. The molecule has 0 radical (unpaired) electrons. The third kappa shape index (κ3) is 4.22. The Bertz CT molecular complexity index is 1600. The summed E-state index contributed by atoms with van der Waals surface area (Å²) in [5.41, 5.74) is 3.36. The largest absolute Gasteiger partial charge is 0.467 e. The van der Waals surface area contributed by atoms with Crippen LogP contribution in [0.2, 0.25) is 0 Å². The molecule has 186 valence electrons. The topological polar surface area (TPSA) is 107 Å². The number of carbonyl (C=O) groups is 2. The summed E-state index contributed by atoms with van der Waals surface area (Å²) < 4.78 is 12.6. The first-order valence-corrected chi connectivity index (χ1v) is 12.2. The second-order valence-corrected chi connectivity index (χ2v) is 9.28. The molecule has 0 fully saturated rings. The summed E-state index contributed by atoms with van der Waals surface area (Å²) in [5, 5.41) is 6.34. The summed E-state index contributed by atoms with van der Waals surface area (Å²) in [6, 6.07) is 15.7. The van der Waals surface area contributed by atoms with Crippen LogP contribution in [0, 0.1) is 6.92 Å². The Morgan fingerprint density at radius 2 is 1.97 bits per heavy atom. The number of carbonyl (C=O) groups excluding carboxylic acids is 2. The lowest BCUT2D eigenvalue weighted by Gasteiger charge is -2.19. The molecule has 4 heterocycles. The van der Waals surface area contributed by atoms with Crippen LogP contribution in [0.5, 0.6) is 0 Å². The summed E-state index contributed by atoms with van der Waals surface area (Å²) in [4.78, 5) is 43.2. The Hall–Kier alpha value is -4.53. The highest BCUT2D eigenvalue weighted by atomic mass is 16.5. The van der Waals surface area contributed by atoms with Gasteiger partial charge < -0.3 is 9.15 Å². The van der Waals surface area contributed by atoms with Gasteiger partial charge >= 0.3 is 5.97 Å². The van der Waals surface area contributed by atoms with Gasteiger partial charge in [-0.2, -0.15) is 5.10 Å². The molecule has 1 atom stereocenters. The number of hydrogen-bond donors (Lipinski definition) is 0. The van der Waals surface area contributed by atoms with Gasteiger partial charge in [-0.3, -0.25) is 14.2 Å². The molecule has 6 rings (SSSR count). The van der Waals surface area contributed by atoms with E-state index in [0.29, 0.717) is 29.6 Å². The van der Waals surface area contributed by atoms with E-state index in [4.69, 9.17) is 9.15 Å². The molecule has 0 bridgehead atoms. The zero-order valence-corrected chi connectivity index (χ0v) is 20.2. The van der Waals surface area contributed by atoms with Crippen molar-refractivity contribution in [3.63, 3.8) is 0 Å². The van der Waals surface area contributed by atoms with Gasteiger partial charge in [-0.05, 0) is 49.2 Å². The smallest absolute Gasteiger partial charge is 0.338 e. The van der Waals surface area contributed by atoms with Gasteiger partial charge in [-0.25, -0.2) is 14.8 Å². The summed E-state index contributed by atoms with van der Waals surface area (Å²) in [6.45, 7) is 2.18. The fourth-order valence-corrected chi connectivity index (χ4v) is 4.85.